The highest BCUT2D eigenvalue weighted by atomic mass is 16.5. The third-order valence-electron chi connectivity index (χ3n) is 2.18. The summed E-state index contributed by atoms with van der Waals surface area (Å²) in [4.78, 5) is 0. The van der Waals surface area contributed by atoms with Gasteiger partial charge in [0, 0.05) is 6.54 Å². The van der Waals surface area contributed by atoms with Gasteiger partial charge in [0.25, 0.3) is 0 Å². The molecule has 90 valence electrons. The molecule has 0 aliphatic rings. The Morgan fingerprint density at radius 2 is 2.00 bits per heavy atom. The van der Waals surface area contributed by atoms with E-state index in [-0.39, 0.29) is 13.2 Å². The van der Waals surface area contributed by atoms with Crippen LogP contribution in [0.5, 0.6) is 5.75 Å². The van der Waals surface area contributed by atoms with Crippen molar-refractivity contribution < 1.29 is 14.9 Å². The van der Waals surface area contributed by atoms with Crippen LogP contribution in [0, 0.1) is 0 Å². The Morgan fingerprint density at radius 1 is 1.31 bits per heavy atom. The molecule has 0 aliphatic carbocycles. The summed E-state index contributed by atoms with van der Waals surface area (Å²) >= 11 is 0. The molecule has 1 atom stereocenters. The Morgan fingerprint density at radius 3 is 2.56 bits per heavy atom. The van der Waals surface area contributed by atoms with Crippen LogP contribution in [0.3, 0.4) is 0 Å². The maximum absolute atomic E-state index is 9.51. The molecule has 1 unspecified atom stereocenters. The third-order valence-corrected chi connectivity index (χ3v) is 2.18. The number of rotatable bonds is 7. The van der Waals surface area contributed by atoms with Crippen LogP contribution in [0.4, 0.5) is 0 Å². The fourth-order valence-corrected chi connectivity index (χ4v) is 1.25. The molecule has 0 bridgehead atoms. The Balaban J connectivity index is 2.30. The van der Waals surface area contributed by atoms with Crippen molar-refractivity contribution in [2.24, 2.45) is 0 Å². The zero-order valence-electron chi connectivity index (χ0n) is 9.52. The van der Waals surface area contributed by atoms with Gasteiger partial charge in [0.05, 0.1) is 6.61 Å². The van der Waals surface area contributed by atoms with Crippen LogP contribution in [0.15, 0.2) is 24.3 Å². The SMILES string of the molecule is CCNCC(O)COc1ccc(CO)cc1. The molecule has 0 fully saturated rings. The van der Waals surface area contributed by atoms with Crippen molar-refractivity contribution in [1.82, 2.24) is 5.32 Å². The lowest BCUT2D eigenvalue weighted by atomic mass is 10.2. The summed E-state index contributed by atoms with van der Waals surface area (Å²) in [5.74, 6) is 0.702. The van der Waals surface area contributed by atoms with E-state index in [1.165, 1.54) is 0 Å². The van der Waals surface area contributed by atoms with Crippen molar-refractivity contribution in [2.75, 3.05) is 19.7 Å². The molecule has 0 amide bonds. The lowest BCUT2D eigenvalue weighted by molar-refractivity contribution is 0.107. The van der Waals surface area contributed by atoms with Crippen LogP contribution in [0.2, 0.25) is 0 Å². The second kappa shape index (κ2) is 7.22. The smallest absolute Gasteiger partial charge is 0.119 e. The molecular weight excluding hydrogens is 206 g/mol. The average Bonchev–Trinajstić information content (AvgIpc) is 2.34. The molecule has 4 nitrogen and oxygen atoms in total. The largest absolute Gasteiger partial charge is 0.491 e. The molecule has 0 saturated heterocycles. The summed E-state index contributed by atoms with van der Waals surface area (Å²) in [7, 11) is 0. The van der Waals surface area contributed by atoms with Gasteiger partial charge in [0.15, 0.2) is 0 Å². The van der Waals surface area contributed by atoms with Crippen molar-refractivity contribution >= 4 is 0 Å². The van der Waals surface area contributed by atoms with Gasteiger partial charge in [0.2, 0.25) is 0 Å². The van der Waals surface area contributed by atoms with Gasteiger partial charge in [-0.15, -0.1) is 0 Å². The minimum atomic E-state index is -0.502. The van der Waals surface area contributed by atoms with Crippen LogP contribution >= 0.6 is 0 Å². The van der Waals surface area contributed by atoms with Crippen LogP contribution in [-0.4, -0.2) is 36.0 Å². The Labute approximate surface area is 95.9 Å². The predicted octanol–water partition coefficient (Wildman–Crippen LogP) is 0.528. The maximum atomic E-state index is 9.51. The van der Waals surface area contributed by atoms with Gasteiger partial charge in [-0.3, -0.25) is 0 Å². The molecule has 0 radical (unpaired) electrons. The van der Waals surface area contributed by atoms with E-state index in [1.807, 2.05) is 6.92 Å². The van der Waals surface area contributed by atoms with E-state index in [4.69, 9.17) is 9.84 Å². The van der Waals surface area contributed by atoms with Gasteiger partial charge >= 0.3 is 0 Å². The van der Waals surface area contributed by atoms with E-state index in [9.17, 15) is 5.11 Å². The monoisotopic (exact) mass is 225 g/mol. The minimum absolute atomic E-state index is 0.0311. The number of aliphatic hydroxyl groups excluding tert-OH is 2. The van der Waals surface area contributed by atoms with E-state index in [2.05, 4.69) is 5.32 Å². The summed E-state index contributed by atoms with van der Waals surface area (Å²) in [6.45, 7) is 3.66. The average molecular weight is 225 g/mol. The van der Waals surface area contributed by atoms with Crippen molar-refractivity contribution in [3.05, 3.63) is 29.8 Å². The highest BCUT2D eigenvalue weighted by molar-refractivity contribution is 5.26. The highest BCUT2D eigenvalue weighted by Gasteiger charge is 2.03. The number of hydrogen-bond donors (Lipinski definition) is 3. The number of benzene rings is 1. The number of nitrogens with one attached hydrogen (secondary N) is 1. The lowest BCUT2D eigenvalue weighted by Crippen LogP contribution is -2.31. The van der Waals surface area contributed by atoms with Gasteiger partial charge in [-0.05, 0) is 24.2 Å². The van der Waals surface area contributed by atoms with Crippen molar-refractivity contribution in [3.63, 3.8) is 0 Å². The molecule has 0 heterocycles. The Bertz CT molecular complexity index is 287. The van der Waals surface area contributed by atoms with Crippen molar-refractivity contribution in [1.29, 1.82) is 0 Å². The Kier molecular flexibility index (Phi) is 5.85. The van der Waals surface area contributed by atoms with Crippen LogP contribution in [-0.2, 0) is 6.61 Å². The number of aliphatic hydroxyl groups is 2. The topological polar surface area (TPSA) is 61.7 Å². The molecule has 0 saturated carbocycles. The van der Waals surface area contributed by atoms with Crippen LogP contribution in [0.1, 0.15) is 12.5 Å². The quantitative estimate of drug-likeness (QED) is 0.633. The third kappa shape index (κ3) is 4.61. The molecule has 0 aliphatic heterocycles. The van der Waals surface area contributed by atoms with Crippen molar-refractivity contribution in [2.45, 2.75) is 19.6 Å². The van der Waals surface area contributed by atoms with E-state index in [0.717, 1.165) is 12.1 Å². The molecular formula is C12H19NO3. The first-order chi connectivity index (χ1) is 7.76. The molecule has 3 N–H and O–H groups in total. The second-order valence-electron chi connectivity index (χ2n) is 3.57. The molecule has 1 aromatic carbocycles. The van der Waals surface area contributed by atoms with Crippen LogP contribution < -0.4 is 10.1 Å². The first-order valence-corrected chi connectivity index (χ1v) is 5.47. The lowest BCUT2D eigenvalue weighted by Gasteiger charge is -2.12. The second-order valence-corrected chi connectivity index (χ2v) is 3.57. The zero-order chi connectivity index (χ0) is 11.8. The highest BCUT2D eigenvalue weighted by Crippen LogP contribution is 2.12. The summed E-state index contributed by atoms with van der Waals surface area (Å²) < 4.78 is 5.39. The minimum Gasteiger partial charge on any atom is -0.491 e. The molecule has 0 spiro atoms. The number of likely N-dealkylation sites (N-methyl/N-ethyl adjacent to an activating group) is 1. The molecule has 4 heteroatoms. The first kappa shape index (κ1) is 13.0. The van der Waals surface area contributed by atoms with E-state index in [1.54, 1.807) is 24.3 Å². The Hall–Kier alpha value is -1.10. The van der Waals surface area contributed by atoms with Gasteiger partial charge in [-0.2, -0.15) is 0 Å². The fourth-order valence-electron chi connectivity index (χ4n) is 1.25. The van der Waals surface area contributed by atoms with E-state index in [0.29, 0.717) is 12.3 Å². The van der Waals surface area contributed by atoms with Gasteiger partial charge in [0.1, 0.15) is 18.5 Å². The van der Waals surface area contributed by atoms with Crippen molar-refractivity contribution in [3.8, 4) is 5.75 Å². The summed E-state index contributed by atoms with van der Waals surface area (Å²) in [5, 5.41) is 21.4. The van der Waals surface area contributed by atoms with E-state index < -0.39 is 6.10 Å². The zero-order valence-corrected chi connectivity index (χ0v) is 9.52. The summed E-state index contributed by atoms with van der Waals surface area (Å²) in [6.07, 6.45) is -0.502. The fraction of sp³-hybridized carbons (Fsp3) is 0.500. The van der Waals surface area contributed by atoms with Crippen LogP contribution in [0.25, 0.3) is 0 Å². The maximum Gasteiger partial charge on any atom is 0.119 e. The number of ether oxygens (including phenoxy) is 1. The van der Waals surface area contributed by atoms with Gasteiger partial charge < -0.3 is 20.3 Å². The summed E-state index contributed by atoms with van der Waals surface area (Å²) in [5.41, 5.74) is 0.848. The predicted molar refractivity (Wildman–Crippen MR) is 62.4 cm³/mol. The molecule has 1 aromatic rings. The normalized spacial score (nSPS) is 12.4. The first-order valence-electron chi connectivity index (χ1n) is 5.47. The molecule has 0 aromatic heterocycles. The number of hydrogen-bond acceptors (Lipinski definition) is 4. The van der Waals surface area contributed by atoms with Gasteiger partial charge in [-0.25, -0.2) is 0 Å². The molecule has 1 rings (SSSR count). The van der Waals surface area contributed by atoms with Gasteiger partial charge in [-0.1, -0.05) is 19.1 Å². The standard InChI is InChI=1S/C12H19NO3/c1-2-13-7-11(15)9-16-12-5-3-10(8-14)4-6-12/h3-6,11,13-15H,2,7-9H2,1H3. The molecule has 16 heavy (non-hydrogen) atoms. The van der Waals surface area contributed by atoms with E-state index >= 15 is 0 Å². The summed E-state index contributed by atoms with van der Waals surface area (Å²) in [6, 6.07) is 7.16.